The first-order chi connectivity index (χ1) is 8.92. The third kappa shape index (κ3) is 17.9. The van der Waals surface area contributed by atoms with Crippen molar-refractivity contribution in [3.05, 3.63) is 0 Å². The Morgan fingerprint density at radius 3 is 1.95 bits per heavy atom. The Hall–Kier alpha value is -0.120. The number of nitrogens with two attached hydrogens (primary N) is 2. The molecule has 0 spiro atoms. The highest BCUT2D eigenvalue weighted by Gasteiger charge is 2.09. The van der Waals surface area contributed by atoms with Crippen LogP contribution in [0.25, 0.3) is 0 Å². The average Bonchev–Trinajstić information content (AvgIpc) is 2.28. The van der Waals surface area contributed by atoms with Gasteiger partial charge in [0.25, 0.3) is 0 Å². The van der Waals surface area contributed by atoms with E-state index in [-0.39, 0.29) is 0 Å². The molecule has 0 aromatic carbocycles. The molecule has 0 saturated carbocycles. The third-order valence-corrected chi connectivity index (χ3v) is 3.32. The fraction of sp³-hybridized carbons (Fsp3) is 1.00. The molecule has 0 aliphatic rings. The lowest BCUT2D eigenvalue weighted by molar-refractivity contribution is 0.124. The van der Waals surface area contributed by atoms with Crippen LogP contribution in [0, 0.1) is 5.92 Å². The van der Waals surface area contributed by atoms with Gasteiger partial charge in [-0.25, -0.2) is 0 Å². The normalized spacial score (nSPS) is 12.3. The second-order valence-corrected chi connectivity index (χ2v) is 6.53. The van der Waals surface area contributed by atoms with Crippen LogP contribution in [-0.4, -0.2) is 18.9 Å². The average molecular weight is 272 g/mol. The van der Waals surface area contributed by atoms with Gasteiger partial charge in [-0.05, 0) is 38.5 Å². The molecule has 0 aliphatic heterocycles. The fourth-order valence-electron chi connectivity index (χ4n) is 2.10. The van der Waals surface area contributed by atoms with Crippen molar-refractivity contribution in [3.8, 4) is 0 Å². The Kier molecular flexibility index (Phi) is 11.6. The molecule has 0 aliphatic carbocycles. The van der Waals surface area contributed by atoms with Gasteiger partial charge in [-0.2, -0.15) is 0 Å². The van der Waals surface area contributed by atoms with E-state index >= 15 is 0 Å². The number of hydrogen-bond donors (Lipinski definition) is 2. The predicted octanol–water partition coefficient (Wildman–Crippen LogP) is 3.80. The minimum atomic E-state index is -0.518. The Morgan fingerprint density at radius 1 is 0.842 bits per heavy atom. The van der Waals surface area contributed by atoms with Gasteiger partial charge in [0.1, 0.15) is 0 Å². The number of rotatable bonds is 13. The van der Waals surface area contributed by atoms with E-state index in [2.05, 4.69) is 13.8 Å². The summed E-state index contributed by atoms with van der Waals surface area (Å²) in [6.07, 6.45) is 11.0. The van der Waals surface area contributed by atoms with Crippen molar-refractivity contribution in [2.24, 2.45) is 17.4 Å². The van der Waals surface area contributed by atoms with Crippen molar-refractivity contribution in [1.29, 1.82) is 0 Å². The first kappa shape index (κ1) is 18.9. The maximum Gasteiger partial charge on any atom is 0.0607 e. The Balaban J connectivity index is 3.03. The molecule has 0 rings (SSSR count). The van der Waals surface area contributed by atoms with Crippen molar-refractivity contribution in [2.45, 2.75) is 84.2 Å². The van der Waals surface area contributed by atoms with E-state index < -0.39 is 5.66 Å². The molecule has 0 aromatic heterocycles. The highest BCUT2D eigenvalue weighted by Crippen LogP contribution is 2.10. The molecule has 0 heterocycles. The SMILES string of the molecule is CC(C)CCCCCCCOCCCCC(C)(N)N. The molecule has 0 fully saturated rings. The van der Waals surface area contributed by atoms with Crippen LogP contribution in [0.1, 0.15) is 78.6 Å². The molecular weight excluding hydrogens is 236 g/mol. The summed E-state index contributed by atoms with van der Waals surface area (Å²) in [5, 5.41) is 0. The largest absolute Gasteiger partial charge is 0.381 e. The first-order valence-electron chi connectivity index (χ1n) is 8.07. The van der Waals surface area contributed by atoms with E-state index in [4.69, 9.17) is 16.2 Å². The predicted molar refractivity (Wildman–Crippen MR) is 84.0 cm³/mol. The highest BCUT2D eigenvalue weighted by atomic mass is 16.5. The van der Waals surface area contributed by atoms with Crippen molar-refractivity contribution in [3.63, 3.8) is 0 Å². The van der Waals surface area contributed by atoms with Crippen LogP contribution in [-0.2, 0) is 4.74 Å². The van der Waals surface area contributed by atoms with E-state index in [1.54, 1.807) is 0 Å². The molecule has 4 N–H and O–H groups in total. The molecule has 0 atom stereocenters. The zero-order valence-electron chi connectivity index (χ0n) is 13.4. The van der Waals surface area contributed by atoms with Gasteiger partial charge in [0, 0.05) is 13.2 Å². The van der Waals surface area contributed by atoms with E-state index in [9.17, 15) is 0 Å². The molecule has 0 amide bonds. The van der Waals surface area contributed by atoms with Crippen LogP contribution in [0.2, 0.25) is 0 Å². The van der Waals surface area contributed by atoms with Crippen LogP contribution in [0.4, 0.5) is 0 Å². The molecule has 0 bridgehead atoms. The molecule has 19 heavy (non-hydrogen) atoms. The number of unbranched alkanes of at least 4 members (excludes halogenated alkanes) is 5. The zero-order chi connectivity index (χ0) is 14.6. The van der Waals surface area contributed by atoms with Gasteiger partial charge in [0.2, 0.25) is 0 Å². The maximum atomic E-state index is 5.71. The van der Waals surface area contributed by atoms with Gasteiger partial charge in [-0.15, -0.1) is 0 Å². The molecule has 3 nitrogen and oxygen atoms in total. The summed E-state index contributed by atoms with van der Waals surface area (Å²) in [4.78, 5) is 0. The van der Waals surface area contributed by atoms with Crippen molar-refractivity contribution >= 4 is 0 Å². The summed E-state index contributed by atoms with van der Waals surface area (Å²) in [5.41, 5.74) is 10.9. The van der Waals surface area contributed by atoms with E-state index in [1.807, 2.05) is 6.92 Å². The Morgan fingerprint density at radius 2 is 1.37 bits per heavy atom. The second kappa shape index (κ2) is 11.7. The van der Waals surface area contributed by atoms with Gasteiger partial charge < -0.3 is 16.2 Å². The number of ether oxygens (including phenoxy) is 1. The molecule has 0 unspecified atom stereocenters. The van der Waals surface area contributed by atoms with E-state index in [0.29, 0.717) is 0 Å². The monoisotopic (exact) mass is 272 g/mol. The van der Waals surface area contributed by atoms with Gasteiger partial charge in [0.05, 0.1) is 5.66 Å². The van der Waals surface area contributed by atoms with Gasteiger partial charge in [-0.3, -0.25) is 0 Å². The Bertz CT molecular complexity index is 188. The minimum Gasteiger partial charge on any atom is -0.381 e. The summed E-state index contributed by atoms with van der Waals surface area (Å²) < 4.78 is 5.61. The smallest absolute Gasteiger partial charge is 0.0607 e. The quantitative estimate of drug-likeness (QED) is 0.396. The zero-order valence-corrected chi connectivity index (χ0v) is 13.4. The summed E-state index contributed by atoms with van der Waals surface area (Å²) in [6.45, 7) is 8.22. The summed E-state index contributed by atoms with van der Waals surface area (Å²) in [7, 11) is 0. The lowest BCUT2D eigenvalue weighted by Gasteiger charge is -2.17. The summed E-state index contributed by atoms with van der Waals surface area (Å²) >= 11 is 0. The molecule has 0 aromatic rings. The van der Waals surface area contributed by atoms with Gasteiger partial charge in [-0.1, -0.05) is 46.0 Å². The van der Waals surface area contributed by atoms with Gasteiger partial charge >= 0.3 is 0 Å². The highest BCUT2D eigenvalue weighted by molar-refractivity contribution is 4.68. The standard InChI is InChI=1S/C16H36N2O/c1-15(2)11-7-5-4-6-9-13-19-14-10-8-12-16(3,17)18/h15H,4-14,17-18H2,1-3H3. The molecular formula is C16H36N2O. The van der Waals surface area contributed by atoms with Crippen LogP contribution >= 0.6 is 0 Å². The molecule has 3 heteroatoms. The third-order valence-electron chi connectivity index (χ3n) is 3.32. The molecule has 0 saturated heterocycles. The minimum absolute atomic E-state index is 0.518. The van der Waals surface area contributed by atoms with E-state index in [0.717, 1.165) is 38.4 Å². The van der Waals surface area contributed by atoms with Crippen molar-refractivity contribution in [2.75, 3.05) is 13.2 Å². The summed E-state index contributed by atoms with van der Waals surface area (Å²) in [6, 6.07) is 0. The first-order valence-corrected chi connectivity index (χ1v) is 8.07. The van der Waals surface area contributed by atoms with Crippen molar-refractivity contribution in [1.82, 2.24) is 0 Å². The van der Waals surface area contributed by atoms with Crippen LogP contribution in [0.5, 0.6) is 0 Å². The van der Waals surface area contributed by atoms with Crippen LogP contribution in [0.15, 0.2) is 0 Å². The van der Waals surface area contributed by atoms with Gasteiger partial charge in [0.15, 0.2) is 0 Å². The van der Waals surface area contributed by atoms with Crippen molar-refractivity contribution < 1.29 is 4.74 Å². The molecule has 116 valence electrons. The Labute approximate surface area is 120 Å². The topological polar surface area (TPSA) is 61.3 Å². The lowest BCUT2D eigenvalue weighted by atomic mass is 10.0. The number of hydrogen-bond acceptors (Lipinski definition) is 3. The van der Waals surface area contributed by atoms with Crippen LogP contribution < -0.4 is 11.5 Å². The lowest BCUT2D eigenvalue weighted by Crippen LogP contribution is -2.45. The second-order valence-electron chi connectivity index (χ2n) is 6.53. The summed E-state index contributed by atoms with van der Waals surface area (Å²) in [5.74, 6) is 0.854. The fourth-order valence-corrected chi connectivity index (χ4v) is 2.10. The molecule has 0 radical (unpaired) electrons. The van der Waals surface area contributed by atoms with Crippen LogP contribution in [0.3, 0.4) is 0 Å². The van der Waals surface area contributed by atoms with E-state index in [1.165, 1.54) is 38.5 Å². The maximum absolute atomic E-state index is 5.71.